The minimum atomic E-state index is -1.32. The second kappa shape index (κ2) is 9.07. The number of aliphatic carboxylic acids is 1. The molecule has 0 fully saturated rings. The summed E-state index contributed by atoms with van der Waals surface area (Å²) >= 11 is 0. The van der Waals surface area contributed by atoms with Crippen LogP contribution in [0.25, 0.3) is 0 Å². The van der Waals surface area contributed by atoms with Crippen LogP contribution >= 0.6 is 0 Å². The number of hydrogen-bond donors (Lipinski definition) is 3. The van der Waals surface area contributed by atoms with Crippen molar-refractivity contribution in [2.75, 3.05) is 13.7 Å². The number of amides is 2. The number of carboxylic acid groups (broad SMARTS) is 1. The molecular weight excluding hydrogens is 338 g/mol. The molecule has 0 saturated heterocycles. The average molecular weight is 358 g/mol. The van der Waals surface area contributed by atoms with Crippen molar-refractivity contribution in [2.24, 2.45) is 5.92 Å². The fraction of sp³-hybridized carbons (Fsp3) is 0.438. The number of benzene rings is 1. The first-order chi connectivity index (χ1) is 11.7. The lowest BCUT2D eigenvalue weighted by atomic mass is 10.0. The van der Waals surface area contributed by atoms with Crippen molar-refractivity contribution >= 4 is 17.8 Å². The van der Waals surface area contributed by atoms with Gasteiger partial charge >= 0.3 is 5.97 Å². The molecule has 0 radical (unpaired) electrons. The third kappa shape index (κ3) is 5.49. The molecule has 0 aliphatic rings. The SMILES string of the molecule is COCC(NC(=O)C(NC(=O)c1c(F)cccc1F)C(C)C)C(=O)O. The summed E-state index contributed by atoms with van der Waals surface area (Å²) in [4.78, 5) is 35.5. The van der Waals surface area contributed by atoms with Crippen molar-refractivity contribution in [2.45, 2.75) is 25.9 Å². The summed E-state index contributed by atoms with van der Waals surface area (Å²) in [5.41, 5.74) is -0.812. The Bertz CT molecular complexity index is 631. The van der Waals surface area contributed by atoms with E-state index in [2.05, 4.69) is 10.6 Å². The molecule has 2 amide bonds. The lowest BCUT2D eigenvalue weighted by molar-refractivity contribution is -0.143. The molecule has 1 rings (SSSR count). The first-order valence-corrected chi connectivity index (χ1v) is 7.46. The fourth-order valence-electron chi connectivity index (χ4n) is 2.07. The number of carboxylic acids is 1. The Morgan fingerprint density at radius 1 is 1.16 bits per heavy atom. The maximum atomic E-state index is 13.7. The van der Waals surface area contributed by atoms with E-state index in [0.717, 1.165) is 18.2 Å². The van der Waals surface area contributed by atoms with Crippen molar-refractivity contribution in [1.29, 1.82) is 0 Å². The van der Waals surface area contributed by atoms with E-state index in [0.29, 0.717) is 0 Å². The zero-order chi connectivity index (χ0) is 19.1. The normalized spacial score (nSPS) is 13.2. The predicted octanol–water partition coefficient (Wildman–Crippen LogP) is 0.935. The molecule has 138 valence electrons. The van der Waals surface area contributed by atoms with Gasteiger partial charge in [-0.15, -0.1) is 0 Å². The van der Waals surface area contributed by atoms with Gasteiger partial charge in [-0.2, -0.15) is 0 Å². The zero-order valence-electron chi connectivity index (χ0n) is 14.0. The molecule has 0 spiro atoms. The standard InChI is InChI=1S/C16H20F2N2O5/c1-8(2)13(15(22)19-11(7-25-3)16(23)24)20-14(21)12-9(17)5-4-6-10(12)18/h4-6,8,11,13H,7H2,1-3H3,(H,19,22)(H,20,21)(H,23,24). The van der Waals surface area contributed by atoms with Gasteiger partial charge in [-0.25, -0.2) is 13.6 Å². The summed E-state index contributed by atoms with van der Waals surface area (Å²) in [6, 6.07) is 0.435. The molecule has 2 atom stereocenters. The Morgan fingerprint density at radius 2 is 1.72 bits per heavy atom. The maximum Gasteiger partial charge on any atom is 0.328 e. The van der Waals surface area contributed by atoms with Crippen molar-refractivity contribution in [3.8, 4) is 0 Å². The van der Waals surface area contributed by atoms with Gasteiger partial charge < -0.3 is 20.5 Å². The number of halogens is 2. The highest BCUT2D eigenvalue weighted by Crippen LogP contribution is 2.13. The van der Waals surface area contributed by atoms with Crippen molar-refractivity contribution in [1.82, 2.24) is 10.6 Å². The van der Waals surface area contributed by atoms with Crippen molar-refractivity contribution in [3.05, 3.63) is 35.4 Å². The number of carbonyl (C=O) groups is 3. The van der Waals surface area contributed by atoms with Crippen LogP contribution in [0.2, 0.25) is 0 Å². The van der Waals surface area contributed by atoms with Gasteiger partial charge in [0.15, 0.2) is 6.04 Å². The van der Waals surface area contributed by atoms with Crippen LogP contribution in [0, 0.1) is 17.6 Å². The van der Waals surface area contributed by atoms with Crippen LogP contribution in [0.1, 0.15) is 24.2 Å². The van der Waals surface area contributed by atoms with E-state index < -0.39 is 53.0 Å². The monoisotopic (exact) mass is 358 g/mol. The number of carbonyl (C=O) groups excluding carboxylic acids is 2. The van der Waals surface area contributed by atoms with Crippen LogP contribution in [-0.4, -0.2) is 48.7 Å². The zero-order valence-corrected chi connectivity index (χ0v) is 14.0. The van der Waals surface area contributed by atoms with Crippen LogP contribution < -0.4 is 10.6 Å². The third-order valence-electron chi connectivity index (χ3n) is 3.37. The molecule has 1 aromatic rings. The average Bonchev–Trinajstić information content (AvgIpc) is 2.51. The number of methoxy groups -OCH3 is 1. The highest BCUT2D eigenvalue weighted by Gasteiger charge is 2.30. The molecule has 2 unspecified atom stereocenters. The lowest BCUT2D eigenvalue weighted by Gasteiger charge is -2.24. The van der Waals surface area contributed by atoms with E-state index in [1.807, 2.05) is 0 Å². The second-order valence-corrected chi connectivity index (χ2v) is 5.65. The first-order valence-electron chi connectivity index (χ1n) is 7.46. The molecule has 9 heteroatoms. The van der Waals surface area contributed by atoms with Gasteiger partial charge in [-0.1, -0.05) is 19.9 Å². The summed E-state index contributed by atoms with van der Waals surface area (Å²) in [7, 11) is 1.27. The van der Waals surface area contributed by atoms with Gasteiger partial charge in [0.25, 0.3) is 5.91 Å². The van der Waals surface area contributed by atoms with Gasteiger partial charge in [0.05, 0.1) is 6.61 Å². The van der Waals surface area contributed by atoms with Crippen molar-refractivity contribution < 1.29 is 33.0 Å². The largest absolute Gasteiger partial charge is 0.480 e. The highest BCUT2D eigenvalue weighted by molar-refractivity contribution is 5.98. The second-order valence-electron chi connectivity index (χ2n) is 5.65. The lowest BCUT2D eigenvalue weighted by Crippen LogP contribution is -2.54. The number of nitrogens with one attached hydrogen (secondary N) is 2. The summed E-state index contributed by atoms with van der Waals surface area (Å²) in [5.74, 6) is -5.82. The fourth-order valence-corrected chi connectivity index (χ4v) is 2.07. The molecule has 3 N–H and O–H groups in total. The minimum absolute atomic E-state index is 0.276. The molecule has 0 aliphatic carbocycles. The van der Waals surface area contributed by atoms with Gasteiger partial charge in [-0.3, -0.25) is 9.59 Å². The van der Waals surface area contributed by atoms with E-state index in [-0.39, 0.29) is 6.61 Å². The van der Waals surface area contributed by atoms with Gasteiger partial charge in [0, 0.05) is 7.11 Å². The number of ether oxygens (including phenoxy) is 1. The summed E-state index contributed by atoms with van der Waals surface area (Å²) < 4.78 is 32.1. The Morgan fingerprint density at radius 3 is 2.16 bits per heavy atom. The van der Waals surface area contributed by atoms with Crippen LogP contribution in [0.15, 0.2) is 18.2 Å². The topological polar surface area (TPSA) is 105 Å². The molecule has 0 saturated carbocycles. The summed E-state index contributed by atoms with van der Waals surface area (Å²) in [6.07, 6.45) is 0. The van der Waals surface area contributed by atoms with Gasteiger partial charge in [0.2, 0.25) is 5.91 Å². The summed E-state index contributed by atoms with van der Waals surface area (Å²) in [6.45, 7) is 2.91. The molecule has 1 aromatic carbocycles. The maximum absolute atomic E-state index is 13.7. The molecule has 0 bridgehead atoms. The third-order valence-corrected chi connectivity index (χ3v) is 3.37. The van der Waals surface area contributed by atoms with Crippen LogP contribution in [-0.2, 0) is 14.3 Å². The van der Waals surface area contributed by atoms with Crippen LogP contribution in [0.4, 0.5) is 8.78 Å². The van der Waals surface area contributed by atoms with Crippen LogP contribution in [0.3, 0.4) is 0 Å². The smallest absolute Gasteiger partial charge is 0.328 e. The Kier molecular flexibility index (Phi) is 7.43. The molecular formula is C16H20F2N2O5. The van der Waals surface area contributed by atoms with Gasteiger partial charge in [-0.05, 0) is 18.1 Å². The van der Waals surface area contributed by atoms with E-state index in [9.17, 15) is 23.2 Å². The quantitative estimate of drug-likeness (QED) is 0.641. The Hall–Kier alpha value is -2.55. The predicted molar refractivity (Wildman–Crippen MR) is 83.9 cm³/mol. The number of hydrogen-bond acceptors (Lipinski definition) is 4. The molecule has 0 heterocycles. The van der Waals surface area contributed by atoms with Gasteiger partial charge in [0.1, 0.15) is 23.2 Å². The van der Waals surface area contributed by atoms with E-state index in [1.165, 1.54) is 7.11 Å². The molecule has 25 heavy (non-hydrogen) atoms. The highest BCUT2D eigenvalue weighted by atomic mass is 19.1. The first kappa shape index (κ1) is 20.5. The van der Waals surface area contributed by atoms with E-state index in [1.54, 1.807) is 13.8 Å². The molecule has 0 aliphatic heterocycles. The van der Waals surface area contributed by atoms with E-state index in [4.69, 9.17) is 9.84 Å². The molecule has 7 nitrogen and oxygen atoms in total. The Labute approximate surface area is 143 Å². The number of rotatable bonds is 8. The van der Waals surface area contributed by atoms with Crippen LogP contribution in [0.5, 0.6) is 0 Å². The van der Waals surface area contributed by atoms with E-state index >= 15 is 0 Å². The minimum Gasteiger partial charge on any atom is -0.480 e. The molecule has 0 aromatic heterocycles. The Balaban J connectivity index is 2.95. The van der Waals surface area contributed by atoms with Crippen molar-refractivity contribution in [3.63, 3.8) is 0 Å². The summed E-state index contributed by atoms with van der Waals surface area (Å²) in [5, 5.41) is 13.5.